The summed E-state index contributed by atoms with van der Waals surface area (Å²) in [5.41, 5.74) is 4.23. The minimum Gasteiger partial charge on any atom is -0.480 e. The molecule has 0 aromatic rings. The van der Waals surface area contributed by atoms with E-state index in [4.69, 9.17) is 5.73 Å². The van der Waals surface area contributed by atoms with Gasteiger partial charge in [0.1, 0.15) is 0 Å². The van der Waals surface area contributed by atoms with Crippen molar-refractivity contribution in [2.24, 2.45) is 23.5 Å². The van der Waals surface area contributed by atoms with Gasteiger partial charge in [-0.1, -0.05) is 40.0 Å². The number of Topliss-reactive ketones (excluding diaryl/α,β-unsaturated/α-hetero) is 1. The minimum absolute atomic E-state index is 0.0867. The summed E-state index contributed by atoms with van der Waals surface area (Å²) in [4.78, 5) is 24.0. The standard InChI is InChI=1S/C15H27NO3/c1-10(2)9-15(16,14(18)19)13(17)11(3)12-7-5-4-6-8-12/h10-12H,4-9,16H2,1-3H3,(H,18,19). The lowest BCUT2D eigenvalue weighted by Crippen LogP contribution is -2.58. The van der Waals surface area contributed by atoms with E-state index in [1.165, 1.54) is 6.42 Å². The molecule has 4 nitrogen and oxygen atoms in total. The van der Waals surface area contributed by atoms with Gasteiger partial charge in [0.2, 0.25) is 0 Å². The van der Waals surface area contributed by atoms with E-state index < -0.39 is 11.5 Å². The normalized spacial score (nSPS) is 21.9. The Morgan fingerprint density at radius 1 is 1.21 bits per heavy atom. The van der Waals surface area contributed by atoms with Gasteiger partial charge < -0.3 is 10.8 Å². The highest BCUT2D eigenvalue weighted by molar-refractivity contribution is 6.08. The molecule has 0 spiro atoms. The van der Waals surface area contributed by atoms with Gasteiger partial charge in [0.25, 0.3) is 0 Å². The Morgan fingerprint density at radius 3 is 2.16 bits per heavy atom. The Balaban J connectivity index is 2.83. The molecule has 0 saturated heterocycles. The maximum atomic E-state index is 12.5. The van der Waals surface area contributed by atoms with Crippen molar-refractivity contribution < 1.29 is 14.7 Å². The van der Waals surface area contributed by atoms with Crippen LogP contribution in [0.2, 0.25) is 0 Å². The predicted molar refractivity (Wildman–Crippen MR) is 74.8 cm³/mol. The molecule has 0 bridgehead atoms. The smallest absolute Gasteiger partial charge is 0.331 e. The maximum absolute atomic E-state index is 12.5. The fraction of sp³-hybridized carbons (Fsp3) is 0.867. The molecule has 0 aromatic heterocycles. The first-order chi connectivity index (χ1) is 8.79. The molecule has 0 radical (unpaired) electrons. The van der Waals surface area contributed by atoms with Crippen molar-refractivity contribution in [2.45, 2.75) is 64.8 Å². The van der Waals surface area contributed by atoms with Gasteiger partial charge in [-0.2, -0.15) is 0 Å². The van der Waals surface area contributed by atoms with E-state index in [1.807, 2.05) is 20.8 Å². The first kappa shape index (κ1) is 16.2. The summed E-state index contributed by atoms with van der Waals surface area (Å²) in [7, 11) is 0. The van der Waals surface area contributed by atoms with Gasteiger partial charge in [-0.05, 0) is 31.1 Å². The van der Waals surface area contributed by atoms with Crippen molar-refractivity contribution in [1.29, 1.82) is 0 Å². The van der Waals surface area contributed by atoms with Gasteiger partial charge in [-0.15, -0.1) is 0 Å². The Bertz CT molecular complexity index is 334. The van der Waals surface area contributed by atoms with Crippen LogP contribution in [0, 0.1) is 17.8 Å². The molecule has 0 aromatic carbocycles. The quantitative estimate of drug-likeness (QED) is 0.726. The fourth-order valence-electron chi connectivity index (χ4n) is 3.19. The first-order valence-corrected chi connectivity index (χ1v) is 7.35. The van der Waals surface area contributed by atoms with Crippen LogP contribution in [0.4, 0.5) is 0 Å². The highest BCUT2D eigenvalue weighted by Gasteiger charge is 2.45. The van der Waals surface area contributed by atoms with E-state index in [1.54, 1.807) is 0 Å². The average Bonchev–Trinajstić information content (AvgIpc) is 2.36. The number of carbonyl (C=O) groups is 2. The third kappa shape index (κ3) is 3.78. The molecule has 2 atom stereocenters. The third-order valence-corrected chi connectivity index (χ3v) is 4.32. The summed E-state index contributed by atoms with van der Waals surface area (Å²) in [5.74, 6) is -1.34. The molecule has 0 amide bonds. The molecule has 3 N–H and O–H groups in total. The first-order valence-electron chi connectivity index (χ1n) is 7.35. The zero-order chi connectivity index (χ0) is 14.6. The van der Waals surface area contributed by atoms with Crippen molar-refractivity contribution in [3.8, 4) is 0 Å². The van der Waals surface area contributed by atoms with Crippen LogP contribution < -0.4 is 5.73 Å². The molecule has 1 aliphatic rings. The van der Waals surface area contributed by atoms with Crippen molar-refractivity contribution in [3.63, 3.8) is 0 Å². The monoisotopic (exact) mass is 269 g/mol. The molecule has 1 rings (SSSR count). The predicted octanol–water partition coefficient (Wildman–Crippen LogP) is 2.60. The average molecular weight is 269 g/mol. The molecule has 110 valence electrons. The molecule has 1 aliphatic carbocycles. The van der Waals surface area contributed by atoms with Crippen LogP contribution in [0.15, 0.2) is 0 Å². The summed E-state index contributed by atoms with van der Waals surface area (Å²) in [6.45, 7) is 5.63. The molecular formula is C15H27NO3. The number of hydrogen-bond acceptors (Lipinski definition) is 3. The second-order valence-electron chi connectivity index (χ2n) is 6.43. The molecule has 2 unspecified atom stereocenters. The van der Waals surface area contributed by atoms with Crippen LogP contribution in [0.25, 0.3) is 0 Å². The molecule has 4 heteroatoms. The van der Waals surface area contributed by atoms with E-state index in [0.717, 1.165) is 25.7 Å². The Labute approximate surface area is 115 Å². The molecule has 19 heavy (non-hydrogen) atoms. The molecule has 1 saturated carbocycles. The summed E-state index contributed by atoms with van der Waals surface area (Å²) >= 11 is 0. The van der Waals surface area contributed by atoms with Crippen LogP contribution in [-0.4, -0.2) is 22.4 Å². The van der Waals surface area contributed by atoms with Crippen LogP contribution >= 0.6 is 0 Å². The zero-order valence-corrected chi connectivity index (χ0v) is 12.3. The lowest BCUT2D eigenvalue weighted by molar-refractivity contribution is -0.151. The van der Waals surface area contributed by atoms with Crippen molar-refractivity contribution >= 4 is 11.8 Å². The highest BCUT2D eigenvalue weighted by Crippen LogP contribution is 2.33. The van der Waals surface area contributed by atoms with Crippen LogP contribution in [0.3, 0.4) is 0 Å². The summed E-state index contributed by atoms with van der Waals surface area (Å²) in [6.07, 6.45) is 5.73. The largest absolute Gasteiger partial charge is 0.480 e. The zero-order valence-electron chi connectivity index (χ0n) is 12.3. The van der Waals surface area contributed by atoms with Gasteiger partial charge >= 0.3 is 5.97 Å². The summed E-state index contributed by atoms with van der Waals surface area (Å²) in [6, 6.07) is 0. The SMILES string of the molecule is CC(C)CC(N)(C(=O)O)C(=O)C(C)C1CCCCC1. The number of ketones is 1. The van der Waals surface area contributed by atoms with Crippen LogP contribution in [-0.2, 0) is 9.59 Å². The van der Waals surface area contributed by atoms with E-state index in [0.29, 0.717) is 5.92 Å². The van der Waals surface area contributed by atoms with Crippen LogP contribution in [0.5, 0.6) is 0 Å². The van der Waals surface area contributed by atoms with Gasteiger partial charge in [0.15, 0.2) is 11.3 Å². The molecule has 0 heterocycles. The van der Waals surface area contributed by atoms with Crippen molar-refractivity contribution in [2.75, 3.05) is 0 Å². The number of rotatable bonds is 6. The van der Waals surface area contributed by atoms with E-state index in [9.17, 15) is 14.7 Å². The number of nitrogens with two attached hydrogens (primary N) is 1. The third-order valence-electron chi connectivity index (χ3n) is 4.32. The van der Waals surface area contributed by atoms with Gasteiger partial charge in [0, 0.05) is 5.92 Å². The lowest BCUT2D eigenvalue weighted by Gasteiger charge is -2.33. The molecule has 0 aliphatic heterocycles. The highest BCUT2D eigenvalue weighted by atomic mass is 16.4. The van der Waals surface area contributed by atoms with Crippen LogP contribution in [0.1, 0.15) is 59.3 Å². The van der Waals surface area contributed by atoms with Gasteiger partial charge in [-0.25, -0.2) is 4.79 Å². The van der Waals surface area contributed by atoms with Gasteiger partial charge in [0.05, 0.1) is 0 Å². The Morgan fingerprint density at radius 2 is 1.74 bits per heavy atom. The Hall–Kier alpha value is -0.900. The number of hydrogen-bond donors (Lipinski definition) is 2. The number of carbonyl (C=O) groups excluding carboxylic acids is 1. The van der Waals surface area contributed by atoms with E-state index in [-0.39, 0.29) is 24.0 Å². The van der Waals surface area contributed by atoms with Gasteiger partial charge in [-0.3, -0.25) is 4.79 Å². The Kier molecular flexibility index (Phi) is 5.53. The van der Waals surface area contributed by atoms with Crippen molar-refractivity contribution in [3.05, 3.63) is 0 Å². The second-order valence-corrected chi connectivity index (χ2v) is 6.43. The summed E-state index contributed by atoms with van der Waals surface area (Å²) < 4.78 is 0. The van der Waals surface area contributed by atoms with Crippen molar-refractivity contribution in [1.82, 2.24) is 0 Å². The number of carboxylic acid groups (broad SMARTS) is 1. The fourth-order valence-corrected chi connectivity index (χ4v) is 3.19. The summed E-state index contributed by atoms with van der Waals surface area (Å²) in [5, 5.41) is 9.35. The van der Waals surface area contributed by atoms with E-state index in [2.05, 4.69) is 0 Å². The molecular weight excluding hydrogens is 242 g/mol. The minimum atomic E-state index is -1.72. The number of carboxylic acids is 1. The lowest BCUT2D eigenvalue weighted by atomic mass is 9.72. The second kappa shape index (κ2) is 6.51. The maximum Gasteiger partial charge on any atom is 0.331 e. The number of aliphatic carboxylic acids is 1. The molecule has 1 fully saturated rings. The van der Waals surface area contributed by atoms with E-state index >= 15 is 0 Å². The topological polar surface area (TPSA) is 80.4 Å².